The molecule has 0 N–H and O–H groups in total. The summed E-state index contributed by atoms with van der Waals surface area (Å²) in [6.07, 6.45) is 1.85. The predicted molar refractivity (Wildman–Crippen MR) is 120 cm³/mol. The van der Waals surface area contributed by atoms with Crippen molar-refractivity contribution in [2.75, 3.05) is 0 Å². The zero-order valence-electron chi connectivity index (χ0n) is 15.3. The van der Waals surface area contributed by atoms with Crippen LogP contribution in [0.3, 0.4) is 0 Å². The van der Waals surface area contributed by atoms with E-state index in [2.05, 4.69) is 89.9 Å². The SMILES string of the molecule is c1ccc(-c2cccc3cc4c(ccc5cc6ccccc6cc54)cc23)nc1. The van der Waals surface area contributed by atoms with Gasteiger partial charge in [0.1, 0.15) is 0 Å². The van der Waals surface area contributed by atoms with Crippen molar-refractivity contribution >= 4 is 43.1 Å². The second-order valence-corrected chi connectivity index (χ2v) is 7.30. The molecule has 1 heterocycles. The molecule has 6 aromatic rings. The average molecular weight is 355 g/mol. The largest absolute Gasteiger partial charge is 0.256 e. The highest BCUT2D eigenvalue weighted by Gasteiger charge is 2.09. The zero-order chi connectivity index (χ0) is 18.5. The minimum absolute atomic E-state index is 1.01. The highest BCUT2D eigenvalue weighted by atomic mass is 14.7. The first-order valence-corrected chi connectivity index (χ1v) is 9.56. The van der Waals surface area contributed by atoms with E-state index in [9.17, 15) is 0 Å². The number of hydrogen-bond donors (Lipinski definition) is 0. The van der Waals surface area contributed by atoms with Crippen molar-refractivity contribution in [3.05, 3.63) is 103 Å². The molecular weight excluding hydrogens is 338 g/mol. The van der Waals surface area contributed by atoms with E-state index in [0.29, 0.717) is 0 Å². The lowest BCUT2D eigenvalue weighted by atomic mass is 9.94. The average Bonchev–Trinajstić information content (AvgIpc) is 2.76. The molecule has 0 unspecified atom stereocenters. The van der Waals surface area contributed by atoms with E-state index in [1.165, 1.54) is 48.7 Å². The molecule has 0 radical (unpaired) electrons. The van der Waals surface area contributed by atoms with Crippen molar-refractivity contribution in [2.45, 2.75) is 0 Å². The molecule has 0 bridgehead atoms. The Labute approximate surface area is 162 Å². The second-order valence-electron chi connectivity index (χ2n) is 7.30. The van der Waals surface area contributed by atoms with E-state index in [1.807, 2.05) is 18.3 Å². The van der Waals surface area contributed by atoms with E-state index in [0.717, 1.165) is 5.69 Å². The summed E-state index contributed by atoms with van der Waals surface area (Å²) < 4.78 is 0. The van der Waals surface area contributed by atoms with E-state index in [1.54, 1.807) is 0 Å². The normalized spacial score (nSPS) is 11.6. The molecule has 0 aliphatic carbocycles. The standard InChI is InChI=1S/C27H17N/c1-2-7-19-15-25-21(14-18(19)6-1)11-12-22-17-24-20(16-26(22)25)8-5-9-23(24)27-10-3-4-13-28-27/h1-17H. The fourth-order valence-corrected chi connectivity index (χ4v) is 4.27. The van der Waals surface area contributed by atoms with Crippen LogP contribution in [0.5, 0.6) is 0 Å². The van der Waals surface area contributed by atoms with Crippen molar-refractivity contribution in [1.29, 1.82) is 0 Å². The van der Waals surface area contributed by atoms with Crippen molar-refractivity contribution in [2.24, 2.45) is 0 Å². The molecule has 0 spiro atoms. The van der Waals surface area contributed by atoms with Gasteiger partial charge in [-0.2, -0.15) is 0 Å². The summed E-state index contributed by atoms with van der Waals surface area (Å²) in [5, 5.41) is 10.2. The molecule has 0 atom stereocenters. The quantitative estimate of drug-likeness (QED) is 0.222. The van der Waals surface area contributed by atoms with Crippen LogP contribution in [0.25, 0.3) is 54.3 Å². The molecule has 130 valence electrons. The number of rotatable bonds is 1. The van der Waals surface area contributed by atoms with Crippen molar-refractivity contribution in [3.8, 4) is 11.3 Å². The third-order valence-corrected chi connectivity index (χ3v) is 5.64. The number of fused-ring (bicyclic) bond motifs is 5. The van der Waals surface area contributed by atoms with Crippen LogP contribution in [-0.4, -0.2) is 4.98 Å². The maximum Gasteiger partial charge on any atom is 0.0708 e. The number of hydrogen-bond acceptors (Lipinski definition) is 1. The third kappa shape index (κ3) is 2.30. The summed E-state index contributed by atoms with van der Waals surface area (Å²) in [6.45, 7) is 0. The minimum Gasteiger partial charge on any atom is -0.256 e. The maximum atomic E-state index is 4.56. The van der Waals surface area contributed by atoms with Gasteiger partial charge in [-0.25, -0.2) is 0 Å². The molecule has 0 aliphatic heterocycles. The minimum atomic E-state index is 1.01. The lowest BCUT2D eigenvalue weighted by molar-refractivity contribution is 1.33. The van der Waals surface area contributed by atoms with Crippen LogP contribution in [0, 0.1) is 0 Å². The van der Waals surface area contributed by atoms with Gasteiger partial charge in [-0.1, -0.05) is 60.7 Å². The fourth-order valence-electron chi connectivity index (χ4n) is 4.27. The summed E-state index contributed by atoms with van der Waals surface area (Å²) in [5.41, 5.74) is 2.19. The van der Waals surface area contributed by atoms with Crippen LogP contribution in [0.1, 0.15) is 0 Å². The van der Waals surface area contributed by atoms with Crippen LogP contribution >= 0.6 is 0 Å². The lowest BCUT2D eigenvalue weighted by Gasteiger charge is -2.11. The Morgan fingerprint density at radius 1 is 0.429 bits per heavy atom. The highest BCUT2D eigenvalue weighted by molar-refractivity contribution is 6.16. The first kappa shape index (κ1) is 15.4. The third-order valence-electron chi connectivity index (χ3n) is 5.64. The van der Waals surface area contributed by atoms with Gasteiger partial charge in [-0.3, -0.25) is 4.98 Å². The van der Waals surface area contributed by atoms with E-state index in [-0.39, 0.29) is 0 Å². The first-order valence-electron chi connectivity index (χ1n) is 9.56. The van der Waals surface area contributed by atoms with E-state index >= 15 is 0 Å². The second kappa shape index (κ2) is 5.90. The Morgan fingerprint density at radius 2 is 1.04 bits per heavy atom. The van der Waals surface area contributed by atoms with Gasteiger partial charge in [-0.15, -0.1) is 0 Å². The van der Waals surface area contributed by atoms with Crippen LogP contribution in [0.15, 0.2) is 103 Å². The highest BCUT2D eigenvalue weighted by Crippen LogP contribution is 2.35. The van der Waals surface area contributed by atoms with E-state index in [4.69, 9.17) is 0 Å². The Kier molecular flexibility index (Phi) is 3.24. The molecule has 1 heteroatoms. The van der Waals surface area contributed by atoms with Crippen molar-refractivity contribution < 1.29 is 0 Å². The van der Waals surface area contributed by atoms with Gasteiger partial charge in [0.2, 0.25) is 0 Å². The Balaban J connectivity index is 1.71. The van der Waals surface area contributed by atoms with Crippen molar-refractivity contribution in [3.63, 3.8) is 0 Å². The molecule has 1 aromatic heterocycles. The predicted octanol–water partition coefficient (Wildman–Crippen LogP) is 7.36. The van der Waals surface area contributed by atoms with Crippen LogP contribution in [0.2, 0.25) is 0 Å². The van der Waals surface area contributed by atoms with E-state index < -0.39 is 0 Å². The smallest absolute Gasteiger partial charge is 0.0708 e. The van der Waals surface area contributed by atoms with Crippen LogP contribution < -0.4 is 0 Å². The van der Waals surface area contributed by atoms with Crippen LogP contribution in [0.4, 0.5) is 0 Å². The molecule has 6 rings (SSSR count). The zero-order valence-corrected chi connectivity index (χ0v) is 15.3. The lowest BCUT2D eigenvalue weighted by Crippen LogP contribution is -1.86. The van der Waals surface area contributed by atoms with Gasteiger partial charge < -0.3 is 0 Å². The number of nitrogens with zero attached hydrogens (tertiary/aromatic N) is 1. The summed E-state index contributed by atoms with van der Waals surface area (Å²) in [7, 11) is 0. The molecule has 0 saturated heterocycles. The molecule has 1 nitrogen and oxygen atoms in total. The monoisotopic (exact) mass is 355 g/mol. The van der Waals surface area contributed by atoms with Gasteiger partial charge in [-0.05, 0) is 79.5 Å². The molecule has 0 saturated carbocycles. The van der Waals surface area contributed by atoms with Crippen LogP contribution in [-0.2, 0) is 0 Å². The van der Waals surface area contributed by atoms with Gasteiger partial charge in [0.15, 0.2) is 0 Å². The summed E-state index contributed by atoms with van der Waals surface area (Å²) in [4.78, 5) is 4.56. The van der Waals surface area contributed by atoms with Gasteiger partial charge in [0.05, 0.1) is 5.69 Å². The molecule has 0 fully saturated rings. The number of pyridine rings is 1. The maximum absolute atomic E-state index is 4.56. The summed E-state index contributed by atoms with van der Waals surface area (Å²) >= 11 is 0. The molecular formula is C27H17N. The Morgan fingerprint density at radius 3 is 1.82 bits per heavy atom. The first-order chi connectivity index (χ1) is 13.9. The number of aromatic nitrogens is 1. The Hall–Kier alpha value is -3.71. The molecule has 0 amide bonds. The Bertz CT molecular complexity index is 1500. The van der Waals surface area contributed by atoms with Crippen molar-refractivity contribution in [1.82, 2.24) is 4.98 Å². The topological polar surface area (TPSA) is 12.9 Å². The fraction of sp³-hybridized carbons (Fsp3) is 0. The van der Waals surface area contributed by atoms with Gasteiger partial charge in [0, 0.05) is 11.8 Å². The van der Waals surface area contributed by atoms with Gasteiger partial charge >= 0.3 is 0 Å². The van der Waals surface area contributed by atoms with Gasteiger partial charge in [0.25, 0.3) is 0 Å². The molecule has 28 heavy (non-hydrogen) atoms. The molecule has 0 aliphatic rings. The summed E-state index contributed by atoms with van der Waals surface area (Å²) in [5.74, 6) is 0. The molecule has 5 aromatic carbocycles. The summed E-state index contributed by atoms with van der Waals surface area (Å²) in [6, 6.07) is 34.8. The number of benzene rings is 5.